The number of para-hydroxylation sites is 1. The molecule has 2 aromatic carbocycles. The van der Waals surface area contributed by atoms with E-state index in [9.17, 15) is 9.90 Å². The largest absolute Gasteiger partial charge is 0.494 e. The maximum absolute atomic E-state index is 13.8. The molecule has 3 atom stereocenters. The average molecular weight is 622 g/mol. The molecule has 5 aromatic rings. The SMILES string of the molecule is COc1cc(C(=O)N2C[C@H]3CC[C@@H]2[C@@H]3N)cc2nc(-c3cc4cccc(-c5cn(CC(C)(C)O)nc5C)c4n3CC3CC3)n(C)c12. The summed E-state index contributed by atoms with van der Waals surface area (Å²) < 4.78 is 12.3. The van der Waals surface area contributed by atoms with Crippen LogP contribution in [0.4, 0.5) is 0 Å². The first kappa shape index (κ1) is 29.3. The Morgan fingerprint density at radius 3 is 2.59 bits per heavy atom. The first-order chi connectivity index (χ1) is 22.0. The van der Waals surface area contributed by atoms with Gasteiger partial charge in [0.15, 0.2) is 5.82 Å². The Hall–Kier alpha value is -4.15. The van der Waals surface area contributed by atoms with Gasteiger partial charge in [-0.25, -0.2) is 4.98 Å². The lowest BCUT2D eigenvalue weighted by Gasteiger charge is -2.27. The standard InChI is InChI=1S/C36H43N7O3/c1-20-26(18-41(39-20)19-36(2,3)45)25-8-6-7-22-14-29(42(32(22)25)16-21-9-10-21)34-38-27-13-24(15-30(46-5)33(27)40(34)4)35(44)43-17-23-11-12-28(43)31(23)37/h6-8,13-15,18,21,23,28,31,45H,9-12,16-17,19,37H2,1-5H3/t23-,28-,31-/m1/s1. The van der Waals surface area contributed by atoms with Crippen LogP contribution < -0.4 is 10.5 Å². The summed E-state index contributed by atoms with van der Waals surface area (Å²) in [6.07, 6.45) is 6.55. The highest BCUT2D eigenvalue weighted by atomic mass is 16.5. The van der Waals surface area contributed by atoms with Crippen molar-refractivity contribution in [3.63, 3.8) is 0 Å². The number of piperidine rings is 1. The van der Waals surface area contributed by atoms with Gasteiger partial charge in [-0.2, -0.15) is 5.10 Å². The second-order valence-corrected chi connectivity index (χ2v) is 14.4. The molecule has 3 fully saturated rings. The van der Waals surface area contributed by atoms with Gasteiger partial charge in [0.25, 0.3) is 5.91 Å². The van der Waals surface area contributed by atoms with Crippen molar-refractivity contribution in [3.05, 3.63) is 53.9 Å². The molecule has 0 unspecified atom stereocenters. The second kappa shape index (κ2) is 10.4. The summed E-state index contributed by atoms with van der Waals surface area (Å²) >= 11 is 0. The predicted molar refractivity (Wildman–Crippen MR) is 179 cm³/mol. The van der Waals surface area contributed by atoms with Crippen LogP contribution in [-0.4, -0.2) is 71.2 Å². The molecule has 10 nitrogen and oxygen atoms in total. The van der Waals surface area contributed by atoms with Crippen molar-refractivity contribution < 1.29 is 14.6 Å². The Bertz CT molecular complexity index is 2010. The topological polar surface area (TPSA) is 116 Å². The third-order valence-electron chi connectivity index (χ3n) is 10.4. The van der Waals surface area contributed by atoms with Gasteiger partial charge < -0.3 is 29.6 Å². The molecule has 2 aliphatic carbocycles. The monoisotopic (exact) mass is 621 g/mol. The molecule has 2 bridgehead atoms. The Morgan fingerprint density at radius 1 is 1.11 bits per heavy atom. The van der Waals surface area contributed by atoms with Crippen LogP contribution in [0, 0.1) is 18.8 Å². The van der Waals surface area contributed by atoms with Crippen molar-refractivity contribution in [2.24, 2.45) is 24.6 Å². The summed E-state index contributed by atoms with van der Waals surface area (Å²) in [6, 6.07) is 12.6. The van der Waals surface area contributed by atoms with E-state index in [1.165, 1.54) is 12.8 Å². The van der Waals surface area contributed by atoms with E-state index in [0.717, 1.165) is 76.2 Å². The lowest BCUT2D eigenvalue weighted by Crippen LogP contribution is -2.41. The smallest absolute Gasteiger partial charge is 0.254 e. The molecule has 3 N–H and O–H groups in total. The number of hydrogen-bond acceptors (Lipinski definition) is 6. The molecule has 1 amide bonds. The number of ether oxygens (including phenoxy) is 1. The van der Waals surface area contributed by atoms with E-state index in [0.29, 0.717) is 29.7 Å². The molecule has 8 rings (SSSR count). The molecule has 0 radical (unpaired) electrons. The molecule has 1 saturated heterocycles. The maximum Gasteiger partial charge on any atom is 0.254 e. The molecule has 3 aliphatic rings. The molecule has 1 aliphatic heterocycles. The first-order valence-corrected chi connectivity index (χ1v) is 16.5. The number of aryl methyl sites for hydroxylation is 2. The van der Waals surface area contributed by atoms with Gasteiger partial charge in [-0.3, -0.25) is 9.48 Å². The van der Waals surface area contributed by atoms with Crippen LogP contribution in [-0.2, 0) is 20.1 Å². The number of nitrogens with two attached hydrogens (primary N) is 1. The minimum atomic E-state index is -0.867. The normalized spacial score (nSPS) is 21.3. The molecular weight excluding hydrogens is 578 g/mol. The minimum absolute atomic E-state index is 0.00282. The van der Waals surface area contributed by atoms with Gasteiger partial charge in [0.1, 0.15) is 11.3 Å². The fraction of sp³-hybridized carbons (Fsp3) is 0.472. The van der Waals surface area contributed by atoms with Crippen LogP contribution >= 0.6 is 0 Å². The van der Waals surface area contributed by atoms with Crippen molar-refractivity contribution in [1.82, 2.24) is 28.8 Å². The summed E-state index contributed by atoms with van der Waals surface area (Å²) in [5, 5.41) is 16.3. The number of aromatic nitrogens is 5. The molecule has 10 heteroatoms. The average Bonchev–Trinajstić information content (AvgIpc) is 3.22. The second-order valence-electron chi connectivity index (χ2n) is 14.4. The zero-order valence-corrected chi connectivity index (χ0v) is 27.3. The summed E-state index contributed by atoms with van der Waals surface area (Å²) in [5.74, 6) is 2.48. The van der Waals surface area contributed by atoms with Crippen LogP contribution in [0.3, 0.4) is 0 Å². The van der Waals surface area contributed by atoms with E-state index in [2.05, 4.69) is 33.4 Å². The Labute approximate surface area is 268 Å². The molecule has 4 heterocycles. The molecule has 240 valence electrons. The van der Waals surface area contributed by atoms with Crippen LogP contribution in [0.15, 0.2) is 42.6 Å². The highest BCUT2D eigenvalue weighted by Gasteiger charge is 2.47. The Kier molecular flexibility index (Phi) is 6.64. The number of aliphatic hydroxyl groups is 1. The summed E-state index contributed by atoms with van der Waals surface area (Å²) in [4.78, 5) is 20.9. The zero-order valence-electron chi connectivity index (χ0n) is 27.3. The van der Waals surface area contributed by atoms with Gasteiger partial charge in [0.05, 0.1) is 41.7 Å². The summed E-state index contributed by atoms with van der Waals surface area (Å²) in [6.45, 7) is 7.66. The van der Waals surface area contributed by atoms with E-state index in [1.54, 1.807) is 21.0 Å². The fourth-order valence-electron chi connectivity index (χ4n) is 8.00. The first-order valence-electron chi connectivity index (χ1n) is 16.5. The number of hydrogen-bond donors (Lipinski definition) is 2. The molecular formula is C36H43N7O3. The molecule has 46 heavy (non-hydrogen) atoms. The van der Waals surface area contributed by atoms with Gasteiger partial charge in [0, 0.05) is 60.5 Å². The number of methoxy groups -OCH3 is 1. The highest BCUT2D eigenvalue weighted by molar-refractivity contribution is 6.01. The van der Waals surface area contributed by atoms with Crippen molar-refractivity contribution in [1.29, 1.82) is 0 Å². The number of amides is 1. The summed E-state index contributed by atoms with van der Waals surface area (Å²) in [5.41, 5.74) is 13.1. The highest BCUT2D eigenvalue weighted by Crippen LogP contribution is 2.42. The van der Waals surface area contributed by atoms with Crippen molar-refractivity contribution in [3.8, 4) is 28.4 Å². The zero-order chi connectivity index (χ0) is 32.1. The third-order valence-corrected chi connectivity index (χ3v) is 10.4. The number of likely N-dealkylation sites (tertiary alicyclic amines) is 1. The van der Waals surface area contributed by atoms with Crippen LogP contribution in [0.2, 0.25) is 0 Å². The number of rotatable bonds is 8. The minimum Gasteiger partial charge on any atom is -0.494 e. The fourth-order valence-corrected chi connectivity index (χ4v) is 8.00. The lowest BCUT2D eigenvalue weighted by atomic mass is 10.0. The van der Waals surface area contributed by atoms with E-state index >= 15 is 0 Å². The number of imidazole rings is 1. The number of fused-ring (bicyclic) bond motifs is 4. The summed E-state index contributed by atoms with van der Waals surface area (Å²) in [7, 11) is 3.68. The van der Waals surface area contributed by atoms with Crippen molar-refractivity contribution >= 4 is 27.8 Å². The quantitative estimate of drug-likeness (QED) is 0.249. The predicted octanol–water partition coefficient (Wildman–Crippen LogP) is 5.12. The van der Waals surface area contributed by atoms with Gasteiger partial charge in [-0.1, -0.05) is 18.2 Å². The Morgan fingerprint density at radius 2 is 1.91 bits per heavy atom. The van der Waals surface area contributed by atoms with Crippen molar-refractivity contribution in [2.75, 3.05) is 13.7 Å². The van der Waals surface area contributed by atoms with Gasteiger partial charge in [-0.15, -0.1) is 0 Å². The third kappa shape index (κ3) is 4.72. The maximum atomic E-state index is 13.8. The van der Waals surface area contributed by atoms with E-state index in [-0.39, 0.29) is 18.0 Å². The van der Waals surface area contributed by atoms with Gasteiger partial charge >= 0.3 is 0 Å². The van der Waals surface area contributed by atoms with Crippen molar-refractivity contribution in [2.45, 2.75) is 77.2 Å². The van der Waals surface area contributed by atoms with Gasteiger partial charge in [0.2, 0.25) is 0 Å². The lowest BCUT2D eigenvalue weighted by molar-refractivity contribution is 0.0576. The Balaban J connectivity index is 1.26. The number of carbonyl (C=O) groups is 1. The van der Waals surface area contributed by atoms with E-state index in [4.69, 9.17) is 20.6 Å². The molecule has 0 spiro atoms. The van der Waals surface area contributed by atoms with Crippen LogP contribution in [0.1, 0.15) is 55.6 Å². The van der Waals surface area contributed by atoms with Gasteiger partial charge in [-0.05, 0) is 76.5 Å². The number of nitrogens with zero attached hydrogens (tertiary/aromatic N) is 6. The molecule has 2 saturated carbocycles. The molecule has 3 aromatic heterocycles. The number of carbonyl (C=O) groups excluding carboxylic acids is 1. The van der Waals surface area contributed by atoms with Crippen LogP contribution in [0.25, 0.3) is 44.6 Å². The van der Waals surface area contributed by atoms with E-state index < -0.39 is 5.60 Å². The van der Waals surface area contributed by atoms with Crippen LogP contribution in [0.5, 0.6) is 5.75 Å². The number of benzene rings is 2. The van der Waals surface area contributed by atoms with E-state index in [1.807, 2.05) is 41.9 Å².